The summed E-state index contributed by atoms with van der Waals surface area (Å²) in [6.07, 6.45) is 4.33. The van der Waals surface area contributed by atoms with Crippen molar-refractivity contribution in [2.24, 2.45) is 0 Å². The van der Waals surface area contributed by atoms with Gasteiger partial charge in [0.1, 0.15) is 0 Å². The van der Waals surface area contributed by atoms with E-state index in [1.54, 1.807) is 19.5 Å². The molecule has 0 spiro atoms. The molecule has 1 rings (SSSR count). The predicted molar refractivity (Wildman–Crippen MR) is 70.2 cm³/mol. The first kappa shape index (κ1) is 14.6. The Morgan fingerprint density at radius 3 is 2.83 bits per heavy atom. The van der Waals surface area contributed by atoms with Gasteiger partial charge in [-0.3, -0.25) is 9.78 Å². The van der Waals surface area contributed by atoms with Crippen LogP contribution in [0.2, 0.25) is 0 Å². The number of methoxy groups -OCH3 is 1. The molecule has 1 aromatic rings. The minimum absolute atomic E-state index is 0.00649. The average molecular weight is 251 g/mol. The van der Waals surface area contributed by atoms with Gasteiger partial charge in [0.2, 0.25) is 5.91 Å². The lowest BCUT2D eigenvalue weighted by Gasteiger charge is -2.13. The molecule has 0 aliphatic carbocycles. The van der Waals surface area contributed by atoms with Crippen molar-refractivity contribution >= 4 is 5.91 Å². The minimum atomic E-state index is 0.00649. The van der Waals surface area contributed by atoms with E-state index in [1.807, 2.05) is 19.1 Å². The summed E-state index contributed by atoms with van der Waals surface area (Å²) in [6, 6.07) is 4.01. The number of nitrogens with one attached hydrogen (secondary N) is 2. The molecule has 1 heterocycles. The molecule has 0 aliphatic rings. The Morgan fingerprint density at radius 2 is 2.17 bits per heavy atom. The van der Waals surface area contributed by atoms with E-state index in [9.17, 15) is 4.79 Å². The monoisotopic (exact) mass is 251 g/mol. The molecule has 0 fully saturated rings. The van der Waals surface area contributed by atoms with Gasteiger partial charge in [0.05, 0.1) is 6.54 Å². The zero-order valence-electron chi connectivity index (χ0n) is 11.0. The van der Waals surface area contributed by atoms with E-state index in [-0.39, 0.29) is 11.9 Å². The zero-order chi connectivity index (χ0) is 13.2. The van der Waals surface area contributed by atoms with Gasteiger partial charge in [0.15, 0.2) is 0 Å². The summed E-state index contributed by atoms with van der Waals surface area (Å²) in [5, 5.41) is 6.00. The summed E-state index contributed by atoms with van der Waals surface area (Å²) in [7, 11) is 1.65. The second-order valence-corrected chi connectivity index (χ2v) is 4.08. The van der Waals surface area contributed by atoms with Crippen molar-refractivity contribution < 1.29 is 9.53 Å². The fourth-order valence-electron chi connectivity index (χ4n) is 1.52. The third kappa shape index (κ3) is 5.75. The molecular formula is C13H21N3O2. The van der Waals surface area contributed by atoms with Crippen LogP contribution in [-0.4, -0.2) is 37.7 Å². The number of hydrogen-bond donors (Lipinski definition) is 2. The van der Waals surface area contributed by atoms with Gasteiger partial charge in [-0.05, 0) is 31.0 Å². The van der Waals surface area contributed by atoms with Crippen LogP contribution in [-0.2, 0) is 9.53 Å². The summed E-state index contributed by atoms with van der Waals surface area (Å²) in [5.74, 6) is 0.00649. The first-order valence-electron chi connectivity index (χ1n) is 6.13. The van der Waals surface area contributed by atoms with Gasteiger partial charge in [-0.25, -0.2) is 0 Å². The van der Waals surface area contributed by atoms with Crippen LogP contribution >= 0.6 is 0 Å². The van der Waals surface area contributed by atoms with E-state index in [4.69, 9.17) is 4.74 Å². The lowest BCUT2D eigenvalue weighted by molar-refractivity contribution is -0.120. The second-order valence-electron chi connectivity index (χ2n) is 4.08. The number of amides is 1. The van der Waals surface area contributed by atoms with Crippen molar-refractivity contribution in [3.8, 4) is 0 Å². The Kier molecular flexibility index (Phi) is 6.98. The Labute approximate surface area is 108 Å². The van der Waals surface area contributed by atoms with Crippen LogP contribution in [0.3, 0.4) is 0 Å². The average Bonchev–Trinajstić information content (AvgIpc) is 2.42. The number of rotatable bonds is 8. The number of nitrogens with zero attached hydrogens (tertiary/aromatic N) is 1. The molecule has 0 aliphatic heterocycles. The van der Waals surface area contributed by atoms with E-state index < -0.39 is 0 Å². The van der Waals surface area contributed by atoms with E-state index in [1.165, 1.54) is 0 Å². The molecule has 1 atom stereocenters. The molecule has 18 heavy (non-hydrogen) atoms. The van der Waals surface area contributed by atoms with Crippen LogP contribution in [0.4, 0.5) is 0 Å². The number of carbonyl (C=O) groups excluding carboxylic acids is 1. The fourth-order valence-corrected chi connectivity index (χ4v) is 1.52. The van der Waals surface area contributed by atoms with Gasteiger partial charge in [0.25, 0.3) is 0 Å². The maximum Gasteiger partial charge on any atom is 0.233 e. The molecular weight excluding hydrogens is 230 g/mol. The maximum atomic E-state index is 11.5. The molecule has 100 valence electrons. The number of carbonyl (C=O) groups is 1. The van der Waals surface area contributed by atoms with E-state index in [0.29, 0.717) is 19.7 Å². The van der Waals surface area contributed by atoms with Crippen LogP contribution in [0.5, 0.6) is 0 Å². The Morgan fingerprint density at radius 1 is 1.44 bits per heavy atom. The summed E-state index contributed by atoms with van der Waals surface area (Å²) >= 11 is 0. The summed E-state index contributed by atoms with van der Waals surface area (Å²) in [4.78, 5) is 15.5. The second kappa shape index (κ2) is 8.60. The van der Waals surface area contributed by atoms with Crippen molar-refractivity contribution in [3.63, 3.8) is 0 Å². The smallest absolute Gasteiger partial charge is 0.233 e. The molecule has 0 radical (unpaired) electrons. The summed E-state index contributed by atoms with van der Waals surface area (Å²) < 4.78 is 4.91. The molecule has 1 aromatic heterocycles. The highest BCUT2D eigenvalue weighted by atomic mass is 16.5. The molecule has 0 bridgehead atoms. The molecule has 0 saturated heterocycles. The SMILES string of the molecule is COCCCNC(=O)CNC(C)c1ccncc1. The molecule has 5 nitrogen and oxygen atoms in total. The van der Waals surface area contributed by atoms with Gasteiger partial charge in [0, 0.05) is 38.7 Å². The quantitative estimate of drug-likeness (QED) is 0.673. The minimum Gasteiger partial charge on any atom is -0.385 e. The number of aromatic nitrogens is 1. The third-order valence-corrected chi connectivity index (χ3v) is 2.62. The van der Waals surface area contributed by atoms with E-state index in [2.05, 4.69) is 15.6 Å². The van der Waals surface area contributed by atoms with Crippen LogP contribution in [0.25, 0.3) is 0 Å². The van der Waals surface area contributed by atoms with Crippen molar-refractivity contribution in [3.05, 3.63) is 30.1 Å². The van der Waals surface area contributed by atoms with Gasteiger partial charge >= 0.3 is 0 Å². The molecule has 0 saturated carbocycles. The Bertz CT molecular complexity index is 343. The van der Waals surface area contributed by atoms with Crippen LogP contribution in [0, 0.1) is 0 Å². The molecule has 5 heteroatoms. The summed E-state index contributed by atoms with van der Waals surface area (Å²) in [6.45, 7) is 3.66. The Balaban J connectivity index is 2.18. The van der Waals surface area contributed by atoms with E-state index >= 15 is 0 Å². The van der Waals surface area contributed by atoms with Gasteiger partial charge in [-0.2, -0.15) is 0 Å². The van der Waals surface area contributed by atoms with Gasteiger partial charge in [-0.15, -0.1) is 0 Å². The molecule has 2 N–H and O–H groups in total. The highest BCUT2D eigenvalue weighted by Crippen LogP contribution is 2.09. The largest absolute Gasteiger partial charge is 0.385 e. The number of pyridine rings is 1. The van der Waals surface area contributed by atoms with E-state index in [0.717, 1.165) is 12.0 Å². The molecule has 1 unspecified atom stereocenters. The number of hydrogen-bond acceptors (Lipinski definition) is 4. The van der Waals surface area contributed by atoms with Crippen molar-refractivity contribution in [2.75, 3.05) is 26.8 Å². The zero-order valence-corrected chi connectivity index (χ0v) is 11.0. The van der Waals surface area contributed by atoms with Crippen LogP contribution in [0.15, 0.2) is 24.5 Å². The van der Waals surface area contributed by atoms with Crippen molar-refractivity contribution in [2.45, 2.75) is 19.4 Å². The van der Waals surface area contributed by atoms with Gasteiger partial charge in [-0.1, -0.05) is 0 Å². The highest BCUT2D eigenvalue weighted by molar-refractivity contribution is 5.77. The van der Waals surface area contributed by atoms with Crippen molar-refractivity contribution in [1.29, 1.82) is 0 Å². The lowest BCUT2D eigenvalue weighted by Crippen LogP contribution is -2.35. The first-order valence-corrected chi connectivity index (χ1v) is 6.13. The Hall–Kier alpha value is -1.46. The normalized spacial score (nSPS) is 12.1. The van der Waals surface area contributed by atoms with Crippen LogP contribution < -0.4 is 10.6 Å². The molecule has 1 amide bonds. The topological polar surface area (TPSA) is 63.2 Å². The maximum absolute atomic E-state index is 11.5. The standard InChI is InChI=1S/C13H21N3O2/c1-11(12-4-7-14-8-5-12)16-10-13(17)15-6-3-9-18-2/h4-5,7-8,11,16H,3,6,9-10H2,1-2H3,(H,15,17). The predicted octanol–water partition coefficient (Wildman–Crippen LogP) is 0.885. The molecule has 0 aromatic carbocycles. The van der Waals surface area contributed by atoms with Crippen LogP contribution in [0.1, 0.15) is 24.9 Å². The third-order valence-electron chi connectivity index (χ3n) is 2.62. The first-order chi connectivity index (χ1) is 8.74. The lowest BCUT2D eigenvalue weighted by atomic mass is 10.1. The summed E-state index contributed by atoms with van der Waals surface area (Å²) in [5.41, 5.74) is 1.12. The fraction of sp³-hybridized carbons (Fsp3) is 0.538. The van der Waals surface area contributed by atoms with Crippen molar-refractivity contribution in [1.82, 2.24) is 15.6 Å². The highest BCUT2D eigenvalue weighted by Gasteiger charge is 2.06. The number of ether oxygens (including phenoxy) is 1. The van der Waals surface area contributed by atoms with Gasteiger partial charge < -0.3 is 15.4 Å².